The van der Waals surface area contributed by atoms with Crippen molar-refractivity contribution >= 4 is 33.3 Å². The van der Waals surface area contributed by atoms with Gasteiger partial charge in [-0.1, -0.05) is 0 Å². The molecule has 32 heavy (non-hydrogen) atoms. The number of aromatic amines is 1. The molecule has 12 heteroatoms. The topological polar surface area (TPSA) is 127 Å². The molecule has 1 atom stereocenters. The molecule has 0 aromatic carbocycles. The van der Waals surface area contributed by atoms with Gasteiger partial charge >= 0.3 is 0 Å². The van der Waals surface area contributed by atoms with Crippen molar-refractivity contribution in [2.75, 3.05) is 43.2 Å². The third-order valence-corrected chi connectivity index (χ3v) is 5.80. The molecule has 1 unspecified atom stereocenters. The number of allylic oxidation sites excluding steroid dienone is 1. The van der Waals surface area contributed by atoms with Crippen LogP contribution >= 0.6 is 0 Å². The maximum absolute atomic E-state index is 12.5. The summed E-state index contributed by atoms with van der Waals surface area (Å²) in [5.74, 6) is 1.19. The second kappa shape index (κ2) is 10.2. The molecule has 3 rings (SSSR count). The zero-order valence-corrected chi connectivity index (χ0v) is 18.7. The molecular formula is C20H27F2N7O2S. The van der Waals surface area contributed by atoms with Crippen LogP contribution in [0.15, 0.2) is 24.4 Å². The lowest BCUT2D eigenvalue weighted by Crippen LogP contribution is -2.40. The Balaban J connectivity index is 1.79. The van der Waals surface area contributed by atoms with Crippen LogP contribution in [-0.2, 0) is 10.0 Å². The Morgan fingerprint density at radius 3 is 2.91 bits per heavy atom. The lowest BCUT2D eigenvalue weighted by atomic mass is 9.98. The summed E-state index contributed by atoms with van der Waals surface area (Å²) in [7, 11) is -1.47. The van der Waals surface area contributed by atoms with Crippen LogP contribution < -0.4 is 14.9 Å². The quantitative estimate of drug-likeness (QED) is 0.420. The van der Waals surface area contributed by atoms with Crippen molar-refractivity contribution in [3.05, 3.63) is 30.2 Å². The highest BCUT2D eigenvalue weighted by Gasteiger charge is 2.22. The van der Waals surface area contributed by atoms with Gasteiger partial charge in [0.2, 0.25) is 10.0 Å². The van der Waals surface area contributed by atoms with Crippen molar-refractivity contribution in [2.45, 2.75) is 19.3 Å². The van der Waals surface area contributed by atoms with Gasteiger partial charge in [-0.05, 0) is 37.0 Å². The number of H-pyrrole nitrogens is 1. The van der Waals surface area contributed by atoms with E-state index in [2.05, 4.69) is 29.9 Å². The van der Waals surface area contributed by atoms with E-state index in [-0.39, 0.29) is 5.92 Å². The Labute approximate surface area is 185 Å². The number of piperidine rings is 1. The summed E-state index contributed by atoms with van der Waals surface area (Å²) in [5, 5.41) is 10.2. The van der Waals surface area contributed by atoms with Crippen molar-refractivity contribution < 1.29 is 17.2 Å². The van der Waals surface area contributed by atoms with Crippen LogP contribution in [0.25, 0.3) is 17.5 Å². The molecule has 0 amide bonds. The maximum Gasteiger partial charge on any atom is 0.279 e. The number of alkyl halides is 2. The summed E-state index contributed by atoms with van der Waals surface area (Å²) in [6, 6.07) is 3.84. The van der Waals surface area contributed by atoms with Gasteiger partial charge in [-0.3, -0.25) is 5.41 Å². The number of hydrogen-bond donors (Lipinski definition) is 4. The van der Waals surface area contributed by atoms with Crippen molar-refractivity contribution in [3.63, 3.8) is 0 Å². The van der Waals surface area contributed by atoms with Crippen LogP contribution in [-0.4, -0.2) is 68.4 Å². The minimum atomic E-state index is -3.23. The number of aromatic nitrogens is 3. The number of anilines is 2. The molecule has 4 N–H and O–H groups in total. The van der Waals surface area contributed by atoms with Gasteiger partial charge in [0.05, 0.1) is 29.6 Å². The molecule has 0 aliphatic carbocycles. The van der Waals surface area contributed by atoms with Gasteiger partial charge in [0.25, 0.3) is 6.43 Å². The third kappa shape index (κ3) is 6.57. The van der Waals surface area contributed by atoms with Gasteiger partial charge in [0.1, 0.15) is 11.6 Å². The fourth-order valence-corrected chi connectivity index (χ4v) is 4.03. The average molecular weight is 468 g/mol. The Hall–Kier alpha value is -2.86. The van der Waals surface area contributed by atoms with Gasteiger partial charge < -0.3 is 15.2 Å². The Bertz CT molecular complexity index is 1090. The smallest absolute Gasteiger partial charge is 0.279 e. The normalized spacial score (nSPS) is 17.3. The Morgan fingerprint density at radius 1 is 1.44 bits per heavy atom. The van der Waals surface area contributed by atoms with E-state index in [0.717, 1.165) is 37.4 Å². The number of nitrogens with zero attached hydrogens (tertiary/aromatic N) is 3. The highest BCUT2D eigenvalue weighted by molar-refractivity contribution is 7.88. The number of imidazole rings is 1. The first kappa shape index (κ1) is 23.8. The van der Waals surface area contributed by atoms with E-state index in [4.69, 9.17) is 5.41 Å². The van der Waals surface area contributed by atoms with Crippen LogP contribution in [0.5, 0.6) is 0 Å². The first-order valence-corrected chi connectivity index (χ1v) is 12.0. The van der Waals surface area contributed by atoms with E-state index >= 15 is 0 Å². The number of nitrogens with one attached hydrogen (secondary N) is 4. The summed E-state index contributed by atoms with van der Waals surface area (Å²) in [6.07, 6.45) is 4.10. The van der Waals surface area contributed by atoms with Crippen molar-refractivity contribution in [3.8, 4) is 11.4 Å². The Kier molecular flexibility index (Phi) is 7.56. The number of hydrogen-bond acceptors (Lipinski definition) is 7. The van der Waals surface area contributed by atoms with Gasteiger partial charge in [0, 0.05) is 38.4 Å². The van der Waals surface area contributed by atoms with E-state index in [1.807, 2.05) is 12.1 Å². The Morgan fingerprint density at radius 2 is 2.22 bits per heavy atom. The van der Waals surface area contributed by atoms with Gasteiger partial charge in [0.15, 0.2) is 0 Å². The fourth-order valence-electron chi connectivity index (χ4n) is 3.49. The van der Waals surface area contributed by atoms with Crippen molar-refractivity contribution in [1.82, 2.24) is 19.7 Å². The first-order valence-electron chi connectivity index (χ1n) is 10.1. The second-order valence-electron chi connectivity index (χ2n) is 7.69. The van der Waals surface area contributed by atoms with E-state index in [1.54, 1.807) is 13.2 Å². The fraction of sp³-hybridized carbons (Fsp3) is 0.450. The molecule has 3 heterocycles. The highest BCUT2D eigenvalue weighted by atomic mass is 32.2. The van der Waals surface area contributed by atoms with Crippen molar-refractivity contribution in [2.24, 2.45) is 5.92 Å². The van der Waals surface area contributed by atoms with E-state index in [0.29, 0.717) is 36.1 Å². The standard InChI is InChI=1S/C20H27F2N7O2S/c1-24-19-9-14(29-7-3-4-13(12-29)10-26-32(2,30)31)8-16(27-19)17-11-25-18(28-17)6-5-15(23)20(21)22/h5-6,8-9,11,13,20,23,26H,3-4,7,10,12H2,1-2H3,(H,24,27)(H,25,28)/b6-5-,23-15?. The molecule has 1 aliphatic rings. The molecular weight excluding hydrogens is 440 g/mol. The van der Waals surface area contributed by atoms with Crippen molar-refractivity contribution in [1.29, 1.82) is 5.41 Å². The molecule has 2 aromatic rings. The summed E-state index contributed by atoms with van der Waals surface area (Å²) >= 11 is 0. The van der Waals surface area contributed by atoms with Gasteiger partial charge in [-0.15, -0.1) is 0 Å². The number of sulfonamides is 1. The predicted octanol–water partition coefficient (Wildman–Crippen LogP) is 2.58. The van der Waals surface area contributed by atoms with Gasteiger partial charge in [-0.25, -0.2) is 31.9 Å². The molecule has 174 valence electrons. The molecule has 0 saturated carbocycles. The summed E-state index contributed by atoms with van der Waals surface area (Å²) in [5.41, 5.74) is 1.39. The SMILES string of the molecule is CNc1cc(N2CCCC(CNS(C)(=O)=O)C2)cc(-c2cnc(/C=C\C(=N)C(F)F)[nH]2)n1. The predicted molar refractivity (Wildman–Crippen MR) is 122 cm³/mol. The molecule has 2 aromatic heterocycles. The second-order valence-corrected chi connectivity index (χ2v) is 9.53. The zero-order valence-electron chi connectivity index (χ0n) is 17.9. The number of pyridine rings is 1. The molecule has 1 aliphatic heterocycles. The van der Waals surface area contributed by atoms with Crippen LogP contribution in [0.4, 0.5) is 20.3 Å². The maximum atomic E-state index is 12.5. The number of halogens is 2. The van der Waals surface area contributed by atoms with E-state index in [1.165, 1.54) is 6.08 Å². The largest absolute Gasteiger partial charge is 0.373 e. The van der Waals surface area contributed by atoms with E-state index < -0.39 is 22.2 Å². The monoisotopic (exact) mass is 467 g/mol. The number of rotatable bonds is 9. The summed E-state index contributed by atoms with van der Waals surface area (Å²) < 4.78 is 50.4. The molecule has 0 spiro atoms. The molecule has 1 fully saturated rings. The lowest BCUT2D eigenvalue weighted by molar-refractivity contribution is 0.226. The summed E-state index contributed by atoms with van der Waals surface area (Å²) in [4.78, 5) is 13.9. The van der Waals surface area contributed by atoms with Crippen LogP contribution in [0.1, 0.15) is 18.7 Å². The lowest BCUT2D eigenvalue weighted by Gasteiger charge is -2.34. The highest BCUT2D eigenvalue weighted by Crippen LogP contribution is 2.29. The molecule has 9 nitrogen and oxygen atoms in total. The molecule has 0 radical (unpaired) electrons. The third-order valence-electron chi connectivity index (χ3n) is 5.11. The zero-order chi connectivity index (χ0) is 23.3. The minimum Gasteiger partial charge on any atom is -0.373 e. The first-order chi connectivity index (χ1) is 15.1. The van der Waals surface area contributed by atoms with Crippen LogP contribution in [0.3, 0.4) is 0 Å². The van der Waals surface area contributed by atoms with Crippen LogP contribution in [0.2, 0.25) is 0 Å². The van der Waals surface area contributed by atoms with Crippen LogP contribution in [0, 0.1) is 11.3 Å². The van der Waals surface area contributed by atoms with E-state index in [9.17, 15) is 17.2 Å². The minimum absolute atomic E-state index is 0.196. The average Bonchev–Trinajstić information content (AvgIpc) is 3.24. The van der Waals surface area contributed by atoms with Gasteiger partial charge in [-0.2, -0.15) is 0 Å². The summed E-state index contributed by atoms with van der Waals surface area (Å²) in [6.45, 7) is 1.95. The molecule has 0 bridgehead atoms. The molecule has 1 saturated heterocycles.